The maximum atomic E-state index is 10.5. The average Bonchev–Trinajstić information content (AvgIpc) is 2.24. The predicted octanol–water partition coefficient (Wildman–Crippen LogP) is 2.35. The summed E-state index contributed by atoms with van der Waals surface area (Å²) in [6, 6.07) is 6.24. The summed E-state index contributed by atoms with van der Waals surface area (Å²) < 4.78 is 5.42. The number of nitro groups is 1. The minimum absolute atomic E-state index is 0. The van der Waals surface area contributed by atoms with Gasteiger partial charge in [-0.1, -0.05) is 6.07 Å². The lowest BCUT2D eigenvalue weighted by molar-refractivity contribution is -0.384. The Bertz CT molecular complexity index is 358. The molecule has 0 atom stereocenters. The minimum atomic E-state index is -0.424. The van der Waals surface area contributed by atoms with E-state index in [2.05, 4.69) is 4.90 Å². The number of halogens is 1. The predicted molar refractivity (Wildman–Crippen MR) is 69.0 cm³/mol. The highest BCUT2D eigenvalue weighted by atomic mass is 35.5. The topological polar surface area (TPSA) is 55.6 Å². The number of nitrogens with zero attached hydrogens (tertiary/aromatic N) is 2. The zero-order valence-corrected chi connectivity index (χ0v) is 10.8. The standard InChI is InChI=1S/C11H16N2O3.ClH/c1-12(2)7-4-8-16-11-6-3-5-10(9-11)13(14)15;/h3,5-6,9H,4,7-8H2,1-2H3;1H. The van der Waals surface area contributed by atoms with Crippen molar-refractivity contribution in [3.63, 3.8) is 0 Å². The molecule has 0 bridgehead atoms. The fourth-order valence-corrected chi connectivity index (χ4v) is 1.26. The Morgan fingerprint density at radius 2 is 2.12 bits per heavy atom. The van der Waals surface area contributed by atoms with Gasteiger partial charge < -0.3 is 9.64 Å². The summed E-state index contributed by atoms with van der Waals surface area (Å²) in [6.07, 6.45) is 0.899. The molecule has 5 nitrogen and oxygen atoms in total. The largest absolute Gasteiger partial charge is 0.493 e. The normalized spacial score (nSPS) is 9.82. The summed E-state index contributed by atoms with van der Waals surface area (Å²) in [5.74, 6) is 0.549. The van der Waals surface area contributed by atoms with Crippen LogP contribution in [0, 0.1) is 10.1 Å². The lowest BCUT2D eigenvalue weighted by atomic mass is 10.3. The Kier molecular flexibility index (Phi) is 7.25. The molecule has 17 heavy (non-hydrogen) atoms. The van der Waals surface area contributed by atoms with Crippen molar-refractivity contribution in [2.24, 2.45) is 0 Å². The number of hydrogen-bond acceptors (Lipinski definition) is 4. The fourth-order valence-electron chi connectivity index (χ4n) is 1.26. The number of benzene rings is 1. The van der Waals surface area contributed by atoms with Gasteiger partial charge in [0.25, 0.3) is 5.69 Å². The van der Waals surface area contributed by atoms with E-state index in [1.807, 2.05) is 14.1 Å². The van der Waals surface area contributed by atoms with Gasteiger partial charge in [-0.05, 0) is 26.6 Å². The van der Waals surface area contributed by atoms with Crippen LogP contribution in [-0.2, 0) is 0 Å². The maximum Gasteiger partial charge on any atom is 0.273 e. The third-order valence-electron chi connectivity index (χ3n) is 2.05. The van der Waals surface area contributed by atoms with Crippen LogP contribution in [0.3, 0.4) is 0 Å². The molecule has 0 radical (unpaired) electrons. The maximum absolute atomic E-state index is 10.5. The van der Waals surface area contributed by atoms with E-state index in [-0.39, 0.29) is 18.1 Å². The van der Waals surface area contributed by atoms with Crippen LogP contribution in [0.25, 0.3) is 0 Å². The van der Waals surface area contributed by atoms with Crippen molar-refractivity contribution in [1.82, 2.24) is 4.90 Å². The smallest absolute Gasteiger partial charge is 0.273 e. The van der Waals surface area contributed by atoms with Gasteiger partial charge in [-0.2, -0.15) is 0 Å². The van der Waals surface area contributed by atoms with Gasteiger partial charge in [-0.15, -0.1) is 12.4 Å². The van der Waals surface area contributed by atoms with E-state index in [4.69, 9.17) is 4.74 Å². The SMILES string of the molecule is CN(C)CCCOc1cccc([N+](=O)[O-])c1.Cl. The molecule has 0 heterocycles. The fraction of sp³-hybridized carbons (Fsp3) is 0.455. The van der Waals surface area contributed by atoms with Crippen molar-refractivity contribution in [1.29, 1.82) is 0 Å². The van der Waals surface area contributed by atoms with E-state index in [9.17, 15) is 10.1 Å². The monoisotopic (exact) mass is 260 g/mol. The molecule has 1 aromatic carbocycles. The lowest BCUT2D eigenvalue weighted by Crippen LogP contribution is -2.15. The zero-order chi connectivity index (χ0) is 12.0. The quantitative estimate of drug-likeness (QED) is 0.448. The van der Waals surface area contributed by atoms with Crippen molar-refractivity contribution in [3.05, 3.63) is 34.4 Å². The van der Waals surface area contributed by atoms with Crippen molar-refractivity contribution < 1.29 is 9.66 Å². The number of rotatable bonds is 6. The molecule has 0 aliphatic carbocycles. The first-order valence-electron chi connectivity index (χ1n) is 5.11. The molecule has 6 heteroatoms. The molecule has 0 fully saturated rings. The molecule has 0 saturated carbocycles. The van der Waals surface area contributed by atoms with Crippen LogP contribution in [-0.4, -0.2) is 37.1 Å². The van der Waals surface area contributed by atoms with Crippen LogP contribution in [0.4, 0.5) is 5.69 Å². The number of non-ortho nitro benzene ring substituents is 1. The highest BCUT2D eigenvalue weighted by Gasteiger charge is 2.05. The second kappa shape index (κ2) is 7.86. The second-order valence-electron chi connectivity index (χ2n) is 3.76. The summed E-state index contributed by atoms with van der Waals surface area (Å²) in [5.41, 5.74) is 0.0603. The summed E-state index contributed by atoms with van der Waals surface area (Å²) in [5, 5.41) is 10.5. The van der Waals surface area contributed by atoms with Gasteiger partial charge >= 0.3 is 0 Å². The first-order chi connectivity index (χ1) is 7.59. The molecular formula is C11H17ClN2O3. The van der Waals surface area contributed by atoms with Crippen LogP contribution in [0.2, 0.25) is 0 Å². The van der Waals surface area contributed by atoms with E-state index in [1.54, 1.807) is 12.1 Å². The van der Waals surface area contributed by atoms with Crippen LogP contribution in [0.1, 0.15) is 6.42 Å². The van der Waals surface area contributed by atoms with Crippen LogP contribution in [0.15, 0.2) is 24.3 Å². The molecule has 0 N–H and O–H groups in total. The molecule has 96 valence electrons. The van der Waals surface area contributed by atoms with Crippen LogP contribution >= 0.6 is 12.4 Å². The van der Waals surface area contributed by atoms with E-state index < -0.39 is 4.92 Å². The van der Waals surface area contributed by atoms with Gasteiger partial charge in [0.15, 0.2) is 0 Å². The Hall–Kier alpha value is -1.33. The molecular weight excluding hydrogens is 244 g/mol. The third-order valence-corrected chi connectivity index (χ3v) is 2.05. The van der Waals surface area contributed by atoms with Gasteiger partial charge in [0.1, 0.15) is 5.75 Å². The lowest BCUT2D eigenvalue weighted by Gasteiger charge is -2.10. The molecule has 0 unspecified atom stereocenters. The molecule has 1 rings (SSSR count). The van der Waals surface area contributed by atoms with Gasteiger partial charge in [0.2, 0.25) is 0 Å². The van der Waals surface area contributed by atoms with Crippen molar-refractivity contribution in [2.45, 2.75) is 6.42 Å². The second-order valence-corrected chi connectivity index (χ2v) is 3.76. The van der Waals surface area contributed by atoms with Crippen molar-refractivity contribution in [3.8, 4) is 5.75 Å². The van der Waals surface area contributed by atoms with Crippen LogP contribution in [0.5, 0.6) is 5.75 Å². The zero-order valence-electron chi connectivity index (χ0n) is 9.96. The van der Waals surface area contributed by atoms with E-state index >= 15 is 0 Å². The van der Waals surface area contributed by atoms with E-state index in [0.717, 1.165) is 13.0 Å². The number of hydrogen-bond donors (Lipinski definition) is 0. The molecule has 0 saturated heterocycles. The molecule has 0 amide bonds. The molecule has 0 aliphatic rings. The van der Waals surface area contributed by atoms with Gasteiger partial charge in [-0.3, -0.25) is 10.1 Å². The van der Waals surface area contributed by atoms with E-state index in [0.29, 0.717) is 12.4 Å². The summed E-state index contributed by atoms with van der Waals surface area (Å²) in [6.45, 7) is 1.51. The number of ether oxygens (including phenoxy) is 1. The molecule has 0 spiro atoms. The molecule has 1 aromatic rings. The van der Waals surface area contributed by atoms with Crippen LogP contribution < -0.4 is 4.74 Å². The van der Waals surface area contributed by atoms with Crippen molar-refractivity contribution >= 4 is 18.1 Å². The van der Waals surface area contributed by atoms with Crippen molar-refractivity contribution in [2.75, 3.05) is 27.2 Å². The highest BCUT2D eigenvalue weighted by molar-refractivity contribution is 5.85. The number of nitro benzene ring substituents is 1. The summed E-state index contributed by atoms with van der Waals surface area (Å²) >= 11 is 0. The Morgan fingerprint density at radius 1 is 1.41 bits per heavy atom. The van der Waals surface area contributed by atoms with Gasteiger partial charge in [0, 0.05) is 12.6 Å². The Labute approximate surface area is 107 Å². The summed E-state index contributed by atoms with van der Waals surface area (Å²) in [4.78, 5) is 12.2. The molecule has 0 aliphatic heterocycles. The first kappa shape index (κ1) is 15.7. The Morgan fingerprint density at radius 3 is 2.71 bits per heavy atom. The van der Waals surface area contributed by atoms with Gasteiger partial charge in [-0.25, -0.2) is 0 Å². The Balaban J connectivity index is 0.00000256. The van der Waals surface area contributed by atoms with E-state index in [1.165, 1.54) is 12.1 Å². The minimum Gasteiger partial charge on any atom is -0.493 e. The third kappa shape index (κ3) is 6.09. The average molecular weight is 261 g/mol. The first-order valence-corrected chi connectivity index (χ1v) is 5.11. The van der Waals surface area contributed by atoms with Gasteiger partial charge in [0.05, 0.1) is 17.6 Å². The summed E-state index contributed by atoms with van der Waals surface area (Å²) in [7, 11) is 3.99. The molecule has 0 aromatic heterocycles. The highest BCUT2D eigenvalue weighted by Crippen LogP contribution is 2.18.